The normalized spacial score (nSPS) is 9.74. The molecule has 0 unspecified atom stereocenters. The summed E-state index contributed by atoms with van der Waals surface area (Å²) in [5, 5.41) is 18.1. The zero-order chi connectivity index (χ0) is 13.7. The molecule has 4 nitrogen and oxygen atoms in total. The van der Waals surface area contributed by atoms with Gasteiger partial charge >= 0.3 is 0 Å². The van der Waals surface area contributed by atoms with E-state index in [1.165, 1.54) is 7.11 Å². The van der Waals surface area contributed by atoms with Crippen molar-refractivity contribution in [2.24, 2.45) is 0 Å². The number of aliphatic hydroxyl groups is 1. The molecule has 0 aliphatic rings. The fraction of sp³-hybridized carbons (Fsp3) is 0.133. The lowest BCUT2D eigenvalue weighted by atomic mass is 10.2. The van der Waals surface area contributed by atoms with E-state index in [0.717, 1.165) is 5.56 Å². The number of aliphatic hydroxyl groups excluding tert-OH is 1. The van der Waals surface area contributed by atoms with Crippen LogP contribution in [0.25, 0.3) is 0 Å². The fourth-order valence-electron chi connectivity index (χ4n) is 1.66. The molecular formula is C15H13NO3. The predicted octanol–water partition coefficient (Wildman–Crippen LogP) is 2.85. The Hall–Kier alpha value is -2.51. The highest BCUT2D eigenvalue weighted by atomic mass is 16.5. The third-order valence-corrected chi connectivity index (χ3v) is 2.64. The molecule has 0 saturated heterocycles. The predicted molar refractivity (Wildman–Crippen MR) is 70.1 cm³/mol. The van der Waals surface area contributed by atoms with Gasteiger partial charge in [0.1, 0.15) is 11.8 Å². The number of hydrogen-bond acceptors (Lipinski definition) is 4. The van der Waals surface area contributed by atoms with Crippen LogP contribution < -0.4 is 9.47 Å². The molecule has 0 heterocycles. The van der Waals surface area contributed by atoms with Gasteiger partial charge in [-0.15, -0.1) is 0 Å². The molecule has 2 rings (SSSR count). The summed E-state index contributed by atoms with van der Waals surface area (Å²) < 4.78 is 10.9. The Morgan fingerprint density at radius 1 is 1.11 bits per heavy atom. The number of rotatable bonds is 4. The van der Waals surface area contributed by atoms with Crippen molar-refractivity contribution >= 4 is 0 Å². The molecule has 0 aromatic heterocycles. The van der Waals surface area contributed by atoms with E-state index in [9.17, 15) is 0 Å². The van der Waals surface area contributed by atoms with Crippen LogP contribution in [0.3, 0.4) is 0 Å². The maximum absolute atomic E-state index is 9.08. The molecule has 0 fully saturated rings. The SMILES string of the molecule is COc1cc(CO)ccc1Oc1ccccc1C#N. The highest BCUT2D eigenvalue weighted by molar-refractivity contribution is 5.49. The van der Waals surface area contributed by atoms with Crippen molar-refractivity contribution in [3.8, 4) is 23.3 Å². The van der Waals surface area contributed by atoms with E-state index >= 15 is 0 Å². The number of benzene rings is 2. The van der Waals surface area contributed by atoms with Crippen LogP contribution in [0.5, 0.6) is 17.2 Å². The van der Waals surface area contributed by atoms with Gasteiger partial charge in [-0.3, -0.25) is 0 Å². The molecule has 0 radical (unpaired) electrons. The van der Waals surface area contributed by atoms with Gasteiger partial charge in [-0.1, -0.05) is 18.2 Å². The van der Waals surface area contributed by atoms with E-state index in [1.54, 1.807) is 42.5 Å². The Kier molecular flexibility index (Phi) is 4.01. The van der Waals surface area contributed by atoms with Crippen molar-refractivity contribution in [1.82, 2.24) is 0 Å². The van der Waals surface area contributed by atoms with Gasteiger partial charge in [0.05, 0.1) is 19.3 Å². The molecule has 1 N–H and O–H groups in total. The van der Waals surface area contributed by atoms with E-state index in [4.69, 9.17) is 19.8 Å². The van der Waals surface area contributed by atoms with Crippen LogP contribution in [-0.2, 0) is 6.61 Å². The first-order valence-corrected chi connectivity index (χ1v) is 5.73. The number of methoxy groups -OCH3 is 1. The molecule has 4 heteroatoms. The quantitative estimate of drug-likeness (QED) is 0.912. The van der Waals surface area contributed by atoms with Crippen LogP contribution in [0.4, 0.5) is 0 Å². The lowest BCUT2D eigenvalue weighted by Gasteiger charge is -2.12. The molecule has 0 amide bonds. The maximum Gasteiger partial charge on any atom is 0.169 e. The van der Waals surface area contributed by atoms with E-state index in [2.05, 4.69) is 6.07 Å². The highest BCUT2D eigenvalue weighted by Gasteiger charge is 2.09. The molecule has 19 heavy (non-hydrogen) atoms. The molecule has 0 atom stereocenters. The number of ether oxygens (including phenoxy) is 2. The number of para-hydroxylation sites is 1. The standard InChI is InChI=1S/C15H13NO3/c1-18-15-8-11(10-17)6-7-14(15)19-13-5-3-2-4-12(13)9-16/h2-8,17H,10H2,1H3. The lowest BCUT2D eigenvalue weighted by Crippen LogP contribution is -1.94. The van der Waals surface area contributed by atoms with E-state index in [0.29, 0.717) is 22.8 Å². The number of nitrogens with zero attached hydrogens (tertiary/aromatic N) is 1. The zero-order valence-corrected chi connectivity index (χ0v) is 10.5. The monoisotopic (exact) mass is 255 g/mol. The maximum atomic E-state index is 9.08. The molecule has 2 aromatic rings. The van der Waals surface area contributed by atoms with Gasteiger partial charge in [-0.25, -0.2) is 0 Å². The summed E-state index contributed by atoms with van der Waals surface area (Å²) in [5.74, 6) is 1.49. The minimum Gasteiger partial charge on any atom is -0.493 e. The van der Waals surface area contributed by atoms with Gasteiger partial charge in [-0.2, -0.15) is 5.26 Å². The fourth-order valence-corrected chi connectivity index (χ4v) is 1.66. The summed E-state index contributed by atoms with van der Waals surface area (Å²) in [7, 11) is 1.53. The van der Waals surface area contributed by atoms with Crippen LogP contribution >= 0.6 is 0 Å². The summed E-state index contributed by atoms with van der Waals surface area (Å²) in [4.78, 5) is 0. The second-order valence-corrected chi connectivity index (χ2v) is 3.85. The van der Waals surface area contributed by atoms with Crippen LogP contribution in [0, 0.1) is 11.3 Å². The smallest absolute Gasteiger partial charge is 0.169 e. The van der Waals surface area contributed by atoms with Crippen molar-refractivity contribution < 1.29 is 14.6 Å². The molecule has 96 valence electrons. The second-order valence-electron chi connectivity index (χ2n) is 3.85. The third kappa shape index (κ3) is 2.84. The highest BCUT2D eigenvalue weighted by Crippen LogP contribution is 2.33. The van der Waals surface area contributed by atoms with Crippen molar-refractivity contribution in [2.75, 3.05) is 7.11 Å². The van der Waals surface area contributed by atoms with Crippen molar-refractivity contribution in [2.45, 2.75) is 6.61 Å². The summed E-state index contributed by atoms with van der Waals surface area (Å²) in [5.41, 5.74) is 1.19. The molecule has 0 aliphatic carbocycles. The van der Waals surface area contributed by atoms with E-state index in [1.807, 2.05) is 0 Å². The Bertz CT molecular complexity index is 617. The Morgan fingerprint density at radius 2 is 1.89 bits per heavy atom. The van der Waals surface area contributed by atoms with Gasteiger partial charge < -0.3 is 14.6 Å². The van der Waals surface area contributed by atoms with E-state index < -0.39 is 0 Å². The first-order chi connectivity index (χ1) is 9.28. The topological polar surface area (TPSA) is 62.5 Å². The van der Waals surface area contributed by atoms with Crippen molar-refractivity contribution in [1.29, 1.82) is 5.26 Å². The summed E-state index contributed by atoms with van der Waals surface area (Å²) in [6, 6.07) is 14.2. The van der Waals surface area contributed by atoms with Crippen molar-refractivity contribution in [3.05, 3.63) is 53.6 Å². The molecular weight excluding hydrogens is 242 g/mol. The number of hydrogen-bond donors (Lipinski definition) is 1. The number of nitriles is 1. The summed E-state index contributed by atoms with van der Waals surface area (Å²) >= 11 is 0. The lowest BCUT2D eigenvalue weighted by molar-refractivity contribution is 0.280. The van der Waals surface area contributed by atoms with Crippen LogP contribution in [0.1, 0.15) is 11.1 Å². The largest absolute Gasteiger partial charge is 0.493 e. The van der Waals surface area contributed by atoms with Crippen LogP contribution in [0.2, 0.25) is 0 Å². The molecule has 0 bridgehead atoms. The zero-order valence-electron chi connectivity index (χ0n) is 10.5. The van der Waals surface area contributed by atoms with Gasteiger partial charge in [0, 0.05) is 0 Å². The minimum atomic E-state index is -0.0641. The third-order valence-electron chi connectivity index (χ3n) is 2.64. The Morgan fingerprint density at radius 3 is 2.58 bits per heavy atom. The van der Waals surface area contributed by atoms with E-state index in [-0.39, 0.29) is 6.61 Å². The molecule has 2 aromatic carbocycles. The van der Waals surface area contributed by atoms with Crippen LogP contribution in [-0.4, -0.2) is 12.2 Å². The average molecular weight is 255 g/mol. The molecule has 0 spiro atoms. The average Bonchev–Trinajstić information content (AvgIpc) is 2.48. The van der Waals surface area contributed by atoms with Gasteiger partial charge in [0.2, 0.25) is 0 Å². The second kappa shape index (κ2) is 5.89. The molecule has 0 saturated carbocycles. The Balaban J connectivity index is 2.36. The summed E-state index contributed by atoms with van der Waals surface area (Å²) in [6.07, 6.45) is 0. The van der Waals surface area contributed by atoms with Crippen molar-refractivity contribution in [3.63, 3.8) is 0 Å². The Labute approximate surface area is 111 Å². The summed E-state index contributed by atoms with van der Waals surface area (Å²) in [6.45, 7) is -0.0641. The first-order valence-electron chi connectivity index (χ1n) is 5.73. The molecule has 0 aliphatic heterocycles. The van der Waals surface area contributed by atoms with Gasteiger partial charge in [0.25, 0.3) is 0 Å². The van der Waals surface area contributed by atoms with Gasteiger partial charge in [-0.05, 0) is 29.8 Å². The van der Waals surface area contributed by atoms with Crippen LogP contribution in [0.15, 0.2) is 42.5 Å². The minimum absolute atomic E-state index is 0.0641. The van der Waals surface area contributed by atoms with Gasteiger partial charge in [0.15, 0.2) is 11.5 Å². The first kappa shape index (κ1) is 12.9.